The van der Waals surface area contributed by atoms with Crippen molar-refractivity contribution in [2.75, 3.05) is 20.1 Å². The first-order chi connectivity index (χ1) is 11.7. The predicted octanol–water partition coefficient (Wildman–Crippen LogP) is 3.92. The number of ether oxygens (including phenoxy) is 1. The van der Waals surface area contributed by atoms with Gasteiger partial charge in [0, 0.05) is 42.2 Å². The molecule has 1 aromatic heterocycles. The van der Waals surface area contributed by atoms with Gasteiger partial charge in [0.2, 0.25) is 0 Å². The average Bonchev–Trinajstić information content (AvgIpc) is 2.84. The molecular formula is C20H21FN2O. The third kappa shape index (κ3) is 3.02. The first-order valence-electron chi connectivity index (χ1n) is 8.38. The minimum absolute atomic E-state index is 0.223. The molecule has 2 heterocycles. The van der Waals surface area contributed by atoms with Crippen LogP contribution in [0.1, 0.15) is 16.8 Å². The highest BCUT2D eigenvalue weighted by Crippen LogP contribution is 2.29. The van der Waals surface area contributed by atoms with Crippen molar-refractivity contribution in [3.05, 3.63) is 65.1 Å². The number of likely N-dealkylation sites (N-methyl/N-ethyl adjacent to an activating group) is 1. The van der Waals surface area contributed by atoms with E-state index in [-0.39, 0.29) is 5.82 Å². The third-order valence-corrected chi connectivity index (χ3v) is 4.77. The predicted molar refractivity (Wildman–Crippen MR) is 93.9 cm³/mol. The second kappa shape index (κ2) is 6.29. The van der Waals surface area contributed by atoms with Gasteiger partial charge in [-0.1, -0.05) is 12.1 Å². The number of hydrogen-bond acceptors (Lipinski definition) is 2. The molecule has 0 atom stereocenters. The van der Waals surface area contributed by atoms with Gasteiger partial charge in [-0.15, -0.1) is 0 Å². The Balaban J connectivity index is 1.54. The molecule has 0 spiro atoms. The number of rotatable bonds is 3. The molecule has 4 heteroatoms. The molecule has 0 radical (unpaired) electrons. The maximum absolute atomic E-state index is 12.9. The van der Waals surface area contributed by atoms with Crippen LogP contribution >= 0.6 is 0 Å². The van der Waals surface area contributed by atoms with Crippen molar-refractivity contribution in [2.45, 2.75) is 19.4 Å². The minimum atomic E-state index is -0.223. The van der Waals surface area contributed by atoms with Crippen LogP contribution in [0.5, 0.6) is 5.75 Å². The Morgan fingerprint density at radius 1 is 1.08 bits per heavy atom. The van der Waals surface area contributed by atoms with E-state index in [9.17, 15) is 4.39 Å². The highest BCUT2D eigenvalue weighted by molar-refractivity contribution is 5.86. The first-order valence-corrected chi connectivity index (χ1v) is 8.38. The number of aromatic nitrogens is 1. The summed E-state index contributed by atoms with van der Waals surface area (Å²) < 4.78 is 18.8. The SMILES string of the molecule is CN1CCc2[nH]c3cc(OCc4ccc(F)cc4)ccc3c2CC1. The molecule has 24 heavy (non-hydrogen) atoms. The van der Waals surface area contributed by atoms with Crippen LogP contribution in [0.25, 0.3) is 10.9 Å². The quantitative estimate of drug-likeness (QED) is 0.791. The Bertz CT molecular complexity index is 854. The zero-order chi connectivity index (χ0) is 16.5. The lowest BCUT2D eigenvalue weighted by atomic mass is 10.1. The van der Waals surface area contributed by atoms with Gasteiger partial charge in [-0.2, -0.15) is 0 Å². The van der Waals surface area contributed by atoms with Gasteiger partial charge in [0.1, 0.15) is 18.2 Å². The van der Waals surface area contributed by atoms with Crippen molar-refractivity contribution >= 4 is 10.9 Å². The summed E-state index contributed by atoms with van der Waals surface area (Å²) in [7, 11) is 2.18. The lowest BCUT2D eigenvalue weighted by Gasteiger charge is -2.11. The smallest absolute Gasteiger partial charge is 0.123 e. The summed E-state index contributed by atoms with van der Waals surface area (Å²) >= 11 is 0. The fraction of sp³-hybridized carbons (Fsp3) is 0.300. The molecule has 0 fully saturated rings. The van der Waals surface area contributed by atoms with E-state index in [1.807, 2.05) is 6.07 Å². The number of nitrogens with one attached hydrogen (secondary N) is 1. The highest BCUT2D eigenvalue weighted by Gasteiger charge is 2.16. The molecule has 0 saturated carbocycles. The molecule has 0 saturated heterocycles. The molecule has 3 aromatic rings. The number of hydrogen-bond donors (Lipinski definition) is 1. The van der Waals surface area contributed by atoms with Gasteiger partial charge >= 0.3 is 0 Å². The van der Waals surface area contributed by atoms with Crippen LogP contribution in [0.4, 0.5) is 4.39 Å². The third-order valence-electron chi connectivity index (χ3n) is 4.77. The van der Waals surface area contributed by atoms with Gasteiger partial charge < -0.3 is 14.6 Å². The van der Waals surface area contributed by atoms with E-state index >= 15 is 0 Å². The molecule has 0 aliphatic carbocycles. The van der Waals surface area contributed by atoms with Crippen LogP contribution in [0.3, 0.4) is 0 Å². The van der Waals surface area contributed by atoms with Crippen LogP contribution in [-0.2, 0) is 19.4 Å². The molecular weight excluding hydrogens is 303 g/mol. The molecule has 1 aliphatic heterocycles. The molecule has 4 rings (SSSR count). The second-order valence-electron chi connectivity index (χ2n) is 6.51. The normalized spacial score (nSPS) is 15.2. The summed E-state index contributed by atoms with van der Waals surface area (Å²) in [4.78, 5) is 5.94. The van der Waals surface area contributed by atoms with E-state index in [0.29, 0.717) is 6.61 Å². The van der Waals surface area contributed by atoms with Gasteiger partial charge in [0.05, 0.1) is 0 Å². The average molecular weight is 324 g/mol. The molecule has 0 bridgehead atoms. The topological polar surface area (TPSA) is 28.3 Å². The van der Waals surface area contributed by atoms with Crippen LogP contribution in [-0.4, -0.2) is 30.0 Å². The number of fused-ring (bicyclic) bond motifs is 3. The molecule has 0 amide bonds. The summed E-state index contributed by atoms with van der Waals surface area (Å²) in [5.74, 6) is 0.610. The minimum Gasteiger partial charge on any atom is -0.489 e. The number of aromatic amines is 1. The Morgan fingerprint density at radius 3 is 2.71 bits per heavy atom. The summed E-state index contributed by atoms with van der Waals surface area (Å²) in [6.07, 6.45) is 2.15. The van der Waals surface area contributed by atoms with Crippen molar-refractivity contribution in [3.63, 3.8) is 0 Å². The van der Waals surface area contributed by atoms with E-state index in [0.717, 1.165) is 42.8 Å². The summed E-state index contributed by atoms with van der Waals surface area (Å²) in [6, 6.07) is 12.7. The van der Waals surface area contributed by atoms with Crippen molar-refractivity contribution in [1.29, 1.82) is 0 Å². The molecule has 0 unspecified atom stereocenters. The van der Waals surface area contributed by atoms with Crippen LogP contribution in [0.2, 0.25) is 0 Å². The lowest BCUT2D eigenvalue weighted by molar-refractivity contribution is 0.306. The molecule has 3 nitrogen and oxygen atoms in total. The summed E-state index contributed by atoms with van der Waals surface area (Å²) in [6.45, 7) is 2.63. The molecule has 1 aliphatic rings. The van der Waals surface area contributed by atoms with Gasteiger partial charge in [0.15, 0.2) is 0 Å². The monoisotopic (exact) mass is 324 g/mol. The van der Waals surface area contributed by atoms with Crippen LogP contribution in [0, 0.1) is 5.82 Å². The summed E-state index contributed by atoms with van der Waals surface area (Å²) in [5, 5.41) is 1.30. The van der Waals surface area contributed by atoms with Crippen molar-refractivity contribution in [1.82, 2.24) is 9.88 Å². The highest BCUT2D eigenvalue weighted by atomic mass is 19.1. The second-order valence-corrected chi connectivity index (χ2v) is 6.51. The van der Waals surface area contributed by atoms with Crippen molar-refractivity contribution < 1.29 is 9.13 Å². The van der Waals surface area contributed by atoms with E-state index in [1.165, 1.54) is 28.8 Å². The Kier molecular flexibility index (Phi) is 3.98. The standard InChI is InChI=1S/C20H21FN2O/c1-23-10-8-18-17-7-6-16(12-20(17)22-19(18)9-11-23)24-13-14-2-4-15(21)5-3-14/h2-7,12,22H,8-11,13H2,1H3. The van der Waals surface area contributed by atoms with Crippen LogP contribution in [0.15, 0.2) is 42.5 Å². The van der Waals surface area contributed by atoms with E-state index < -0.39 is 0 Å². The fourth-order valence-corrected chi connectivity index (χ4v) is 3.34. The largest absolute Gasteiger partial charge is 0.489 e. The van der Waals surface area contributed by atoms with Gasteiger partial charge in [-0.3, -0.25) is 0 Å². The summed E-state index contributed by atoms with van der Waals surface area (Å²) in [5.41, 5.74) is 4.90. The maximum Gasteiger partial charge on any atom is 0.123 e. The Morgan fingerprint density at radius 2 is 1.88 bits per heavy atom. The molecule has 2 aromatic carbocycles. The van der Waals surface area contributed by atoms with Crippen molar-refractivity contribution in [3.8, 4) is 5.75 Å². The number of halogens is 1. The van der Waals surface area contributed by atoms with E-state index in [1.54, 1.807) is 12.1 Å². The zero-order valence-corrected chi connectivity index (χ0v) is 13.8. The van der Waals surface area contributed by atoms with Crippen LogP contribution < -0.4 is 4.74 Å². The Hall–Kier alpha value is -2.33. The lowest BCUT2D eigenvalue weighted by Crippen LogP contribution is -2.21. The molecule has 124 valence electrons. The fourth-order valence-electron chi connectivity index (χ4n) is 3.34. The van der Waals surface area contributed by atoms with Gasteiger partial charge in [-0.25, -0.2) is 4.39 Å². The van der Waals surface area contributed by atoms with E-state index in [2.05, 4.69) is 29.1 Å². The van der Waals surface area contributed by atoms with Crippen molar-refractivity contribution in [2.24, 2.45) is 0 Å². The van der Waals surface area contributed by atoms with Gasteiger partial charge in [0.25, 0.3) is 0 Å². The Labute approximate surface area is 141 Å². The number of benzene rings is 2. The van der Waals surface area contributed by atoms with Gasteiger partial charge in [-0.05, 0) is 48.9 Å². The number of H-pyrrole nitrogens is 1. The molecule has 1 N–H and O–H groups in total. The number of nitrogens with zero attached hydrogens (tertiary/aromatic N) is 1. The first kappa shape index (κ1) is 15.2. The maximum atomic E-state index is 12.9. The van der Waals surface area contributed by atoms with E-state index in [4.69, 9.17) is 4.74 Å². The zero-order valence-electron chi connectivity index (χ0n) is 13.8.